The second-order valence-corrected chi connectivity index (χ2v) is 3.68. The first-order valence-electron chi connectivity index (χ1n) is 4.94. The summed E-state index contributed by atoms with van der Waals surface area (Å²) in [4.78, 5) is 1.67. The minimum atomic E-state index is -4.86. The monoisotopic (exact) mass is 208 g/mol. The third-order valence-electron chi connectivity index (χ3n) is 2.08. The number of unbranched alkanes of at least 4 members (excludes halogenated alkanes) is 2. The van der Waals surface area contributed by atoms with Gasteiger partial charge in [-0.05, 0) is 26.6 Å². The topological polar surface area (TPSA) is 3.24 Å². The highest BCUT2D eigenvalue weighted by Crippen LogP contribution is 2.18. The summed E-state index contributed by atoms with van der Waals surface area (Å²) in [5.74, 6) is 0. The van der Waals surface area contributed by atoms with Crippen LogP contribution in [0.2, 0.25) is 0 Å². The zero-order chi connectivity index (χ0) is 11.2. The molecule has 0 atom stereocenters. The molecule has 0 aromatic heterocycles. The number of likely N-dealkylation sites (N-methyl/N-ethyl adjacent to an activating group) is 1. The molecule has 84 valence electrons. The fourth-order valence-electron chi connectivity index (χ4n) is 1.16. The molecular weight excluding hydrogens is 190 g/mol. The summed E-state index contributed by atoms with van der Waals surface area (Å²) < 4.78 is 36.4. The lowest BCUT2D eigenvalue weighted by Crippen LogP contribution is -2.30. The van der Waals surface area contributed by atoms with Crippen LogP contribution in [0.15, 0.2) is 12.1 Å². The van der Waals surface area contributed by atoms with Crippen molar-refractivity contribution in [1.82, 2.24) is 4.90 Å². The van der Waals surface area contributed by atoms with Crippen LogP contribution in [0.3, 0.4) is 0 Å². The first kappa shape index (κ1) is 13.6. The molecule has 0 aliphatic rings. The highest BCUT2D eigenvalue weighted by molar-refractivity contribution is 6.66. The number of hydrogen-bond donors (Lipinski definition) is 0. The van der Waals surface area contributed by atoms with Crippen molar-refractivity contribution >= 4 is 6.98 Å². The van der Waals surface area contributed by atoms with E-state index in [4.69, 9.17) is 0 Å². The van der Waals surface area contributed by atoms with E-state index in [1.165, 1.54) is 0 Å². The van der Waals surface area contributed by atoms with Crippen LogP contribution >= 0.6 is 0 Å². The van der Waals surface area contributed by atoms with Crippen molar-refractivity contribution in [2.24, 2.45) is 0 Å². The second kappa shape index (κ2) is 6.12. The van der Waals surface area contributed by atoms with Crippen LogP contribution in [0.4, 0.5) is 12.9 Å². The predicted molar refractivity (Wildman–Crippen MR) is 55.2 cm³/mol. The summed E-state index contributed by atoms with van der Waals surface area (Å²) in [7, 11) is 1.70. The quantitative estimate of drug-likeness (QED) is 0.459. The summed E-state index contributed by atoms with van der Waals surface area (Å²) in [6.45, 7) is 0.906. The number of halogens is 3. The molecule has 0 aromatic carbocycles. The normalized spacial score (nSPS) is 12.1. The van der Waals surface area contributed by atoms with Gasteiger partial charge in [-0.1, -0.05) is 19.8 Å². The average Bonchev–Trinajstić information content (AvgIpc) is 2.03. The molecule has 0 aliphatic heterocycles. The fourth-order valence-corrected chi connectivity index (χ4v) is 1.16. The van der Waals surface area contributed by atoms with Gasteiger partial charge in [-0.2, -0.15) is 0 Å². The van der Waals surface area contributed by atoms with Crippen molar-refractivity contribution in [3.8, 4) is 0 Å². The van der Waals surface area contributed by atoms with Crippen molar-refractivity contribution < 1.29 is 12.9 Å². The molecule has 0 fully saturated rings. The van der Waals surface area contributed by atoms with Gasteiger partial charge in [0, 0.05) is 0 Å². The van der Waals surface area contributed by atoms with E-state index in [2.05, 4.69) is 13.5 Å². The maximum absolute atomic E-state index is 12.1. The molecule has 0 spiro atoms. The van der Waals surface area contributed by atoms with Gasteiger partial charge in [0.05, 0.1) is 0 Å². The molecule has 14 heavy (non-hydrogen) atoms. The van der Waals surface area contributed by atoms with Crippen molar-refractivity contribution in [1.29, 1.82) is 0 Å². The maximum atomic E-state index is 12.1. The van der Waals surface area contributed by atoms with Gasteiger partial charge in [-0.25, -0.2) is 0 Å². The van der Waals surface area contributed by atoms with Crippen molar-refractivity contribution in [2.75, 3.05) is 20.1 Å². The Labute approximate surface area is 84.0 Å². The van der Waals surface area contributed by atoms with E-state index in [0.29, 0.717) is 6.54 Å². The first-order valence-corrected chi connectivity index (χ1v) is 4.94. The zero-order valence-electron chi connectivity index (χ0n) is 8.90. The third-order valence-corrected chi connectivity index (χ3v) is 2.08. The van der Waals surface area contributed by atoms with E-state index in [-0.39, 0.29) is 6.54 Å². The molecule has 0 bridgehead atoms. The van der Waals surface area contributed by atoms with E-state index in [0.717, 1.165) is 19.3 Å². The Balaban J connectivity index is 3.72. The van der Waals surface area contributed by atoms with E-state index in [1.807, 2.05) is 0 Å². The molecular formula is C9H18BF3N-. The largest absolute Gasteiger partial charge is 0.506 e. The molecule has 0 aromatic rings. The Hall–Kier alpha value is -0.445. The Morgan fingerprint density at radius 1 is 1.29 bits per heavy atom. The molecule has 5 heteroatoms. The molecule has 0 saturated carbocycles. The minimum Gasteiger partial charge on any atom is -0.445 e. The summed E-state index contributed by atoms with van der Waals surface area (Å²) in [5.41, 5.74) is -0.607. The van der Waals surface area contributed by atoms with Crippen molar-refractivity contribution in [2.45, 2.75) is 26.2 Å². The number of rotatable bonds is 7. The van der Waals surface area contributed by atoms with Gasteiger partial charge in [0.1, 0.15) is 0 Å². The van der Waals surface area contributed by atoms with E-state index in [9.17, 15) is 12.9 Å². The van der Waals surface area contributed by atoms with Crippen molar-refractivity contribution in [3.63, 3.8) is 0 Å². The highest BCUT2D eigenvalue weighted by Gasteiger charge is 2.26. The van der Waals surface area contributed by atoms with Crippen LogP contribution in [0.5, 0.6) is 0 Å². The Morgan fingerprint density at radius 2 is 1.86 bits per heavy atom. The van der Waals surface area contributed by atoms with E-state index in [1.54, 1.807) is 11.9 Å². The lowest BCUT2D eigenvalue weighted by molar-refractivity contribution is 0.347. The lowest BCUT2D eigenvalue weighted by Gasteiger charge is -2.24. The number of nitrogens with zero attached hydrogens (tertiary/aromatic N) is 1. The molecule has 0 amide bonds. The molecule has 0 aliphatic carbocycles. The van der Waals surface area contributed by atoms with E-state index < -0.39 is 12.4 Å². The Bertz CT molecular complexity index is 179. The minimum absolute atomic E-state index is 0.0623. The summed E-state index contributed by atoms with van der Waals surface area (Å²) >= 11 is 0. The van der Waals surface area contributed by atoms with Gasteiger partial charge in [0.2, 0.25) is 0 Å². The van der Waals surface area contributed by atoms with Crippen molar-refractivity contribution in [3.05, 3.63) is 12.1 Å². The summed E-state index contributed by atoms with van der Waals surface area (Å²) in [5, 5.41) is 0. The molecule has 0 N–H and O–H groups in total. The smallest absolute Gasteiger partial charge is 0.445 e. The predicted octanol–water partition coefficient (Wildman–Crippen LogP) is 3.05. The van der Waals surface area contributed by atoms with Crippen LogP contribution < -0.4 is 0 Å². The van der Waals surface area contributed by atoms with Crippen LogP contribution in [0, 0.1) is 0 Å². The van der Waals surface area contributed by atoms with Gasteiger partial charge in [0.25, 0.3) is 0 Å². The summed E-state index contributed by atoms with van der Waals surface area (Å²) in [6, 6.07) is 0. The van der Waals surface area contributed by atoms with Crippen LogP contribution in [-0.2, 0) is 0 Å². The standard InChI is InChI=1S/C9H18BF3N/c1-4-5-6-7-14(3)8-9(2)10(11,12)13/h2,4-8H2,1,3H3/q-1. The summed E-state index contributed by atoms with van der Waals surface area (Å²) in [6.07, 6.45) is 3.09. The number of hydrogen-bond acceptors (Lipinski definition) is 1. The Kier molecular flexibility index (Phi) is 5.92. The van der Waals surface area contributed by atoms with Crippen LogP contribution in [0.1, 0.15) is 26.2 Å². The van der Waals surface area contributed by atoms with Gasteiger partial charge in [-0.15, -0.1) is 12.1 Å². The lowest BCUT2D eigenvalue weighted by atomic mass is 9.80. The molecule has 0 unspecified atom stereocenters. The SMILES string of the molecule is C=C(CN(C)CCCCC)[B-](F)(F)F. The molecule has 1 nitrogen and oxygen atoms in total. The highest BCUT2D eigenvalue weighted by atomic mass is 19.4. The third kappa shape index (κ3) is 6.08. The van der Waals surface area contributed by atoms with Gasteiger partial charge < -0.3 is 17.8 Å². The van der Waals surface area contributed by atoms with Crippen LogP contribution in [-0.4, -0.2) is 32.0 Å². The molecule has 0 radical (unpaired) electrons. The fraction of sp³-hybridized carbons (Fsp3) is 0.778. The maximum Gasteiger partial charge on any atom is 0.506 e. The zero-order valence-corrected chi connectivity index (χ0v) is 8.90. The Morgan fingerprint density at radius 3 is 2.29 bits per heavy atom. The first-order chi connectivity index (χ1) is 6.38. The van der Waals surface area contributed by atoms with Gasteiger partial charge in [-0.3, -0.25) is 0 Å². The molecule has 0 rings (SSSR count). The average molecular weight is 208 g/mol. The van der Waals surface area contributed by atoms with Crippen LogP contribution in [0.25, 0.3) is 0 Å². The molecule has 0 heterocycles. The van der Waals surface area contributed by atoms with Gasteiger partial charge in [0.15, 0.2) is 0 Å². The van der Waals surface area contributed by atoms with E-state index >= 15 is 0 Å². The molecule has 0 saturated heterocycles. The van der Waals surface area contributed by atoms with Gasteiger partial charge >= 0.3 is 6.98 Å². The second-order valence-electron chi connectivity index (χ2n) is 3.68.